The second-order valence-electron chi connectivity index (χ2n) is 4.80. The van der Waals surface area contributed by atoms with E-state index in [-0.39, 0.29) is 12.4 Å². The number of guanidine groups is 1. The van der Waals surface area contributed by atoms with Crippen molar-refractivity contribution in [2.75, 3.05) is 24.5 Å². The maximum atomic E-state index is 11.6. The molecule has 8 heteroatoms. The maximum absolute atomic E-state index is 11.6. The Kier molecular flexibility index (Phi) is 8.09. The molecule has 0 aliphatic carbocycles. The van der Waals surface area contributed by atoms with Gasteiger partial charge in [-0.25, -0.2) is 4.99 Å². The van der Waals surface area contributed by atoms with Gasteiger partial charge in [0.05, 0.1) is 10.7 Å². The van der Waals surface area contributed by atoms with E-state index in [4.69, 9.17) is 17.3 Å². The van der Waals surface area contributed by atoms with Crippen molar-refractivity contribution in [3.05, 3.63) is 47.5 Å². The Labute approximate surface area is 160 Å². The Morgan fingerprint density at radius 3 is 2.62 bits per heavy atom. The average molecular weight is 403 g/mol. The Balaban J connectivity index is 0.00000288. The molecule has 0 aliphatic rings. The van der Waals surface area contributed by atoms with Crippen LogP contribution in [0.1, 0.15) is 0 Å². The molecule has 0 amide bonds. The van der Waals surface area contributed by atoms with Gasteiger partial charge in [-0.05, 0) is 42.7 Å². The molecule has 0 heterocycles. The second-order valence-corrected chi connectivity index (χ2v) is 7.46. The maximum Gasteiger partial charge on any atom is 0.200 e. The summed E-state index contributed by atoms with van der Waals surface area (Å²) in [4.78, 5) is 7.97. The van der Waals surface area contributed by atoms with Crippen LogP contribution in [0.15, 0.2) is 57.2 Å². The SMILES string of the molecule is CSc1cccc(N(C)C(N)=Nc2cc(S(C)=O)ccc2Cl)c1.[Cl-]. The Morgan fingerprint density at radius 1 is 1.29 bits per heavy atom. The van der Waals surface area contributed by atoms with Crippen LogP contribution in [-0.4, -0.2) is 29.7 Å². The largest absolute Gasteiger partial charge is 1.00 e. The van der Waals surface area contributed by atoms with Crippen LogP contribution >= 0.6 is 23.4 Å². The molecule has 130 valence electrons. The van der Waals surface area contributed by atoms with Crippen molar-refractivity contribution in [3.63, 3.8) is 0 Å². The first-order valence-electron chi connectivity index (χ1n) is 6.77. The molecule has 2 rings (SSSR count). The van der Waals surface area contributed by atoms with E-state index in [1.54, 1.807) is 41.1 Å². The summed E-state index contributed by atoms with van der Waals surface area (Å²) in [7, 11) is 0.743. The molecular weight excluding hydrogens is 385 g/mol. The lowest BCUT2D eigenvalue weighted by molar-refractivity contribution is -0.00000581. The fourth-order valence-electron chi connectivity index (χ4n) is 1.91. The summed E-state index contributed by atoms with van der Waals surface area (Å²) in [5.74, 6) is 0.309. The monoisotopic (exact) mass is 402 g/mol. The van der Waals surface area contributed by atoms with Gasteiger partial charge in [0.15, 0.2) is 0 Å². The van der Waals surface area contributed by atoms with E-state index in [9.17, 15) is 4.21 Å². The number of thioether (sulfide) groups is 1. The lowest BCUT2D eigenvalue weighted by atomic mass is 10.3. The quantitative estimate of drug-likeness (QED) is 0.468. The highest BCUT2D eigenvalue weighted by molar-refractivity contribution is 7.98. The van der Waals surface area contributed by atoms with Gasteiger partial charge < -0.3 is 23.0 Å². The van der Waals surface area contributed by atoms with Crippen LogP contribution in [0.25, 0.3) is 0 Å². The first-order chi connectivity index (χ1) is 10.9. The average Bonchev–Trinajstić information content (AvgIpc) is 2.55. The minimum Gasteiger partial charge on any atom is -1.00 e. The summed E-state index contributed by atoms with van der Waals surface area (Å²) >= 11 is 7.82. The van der Waals surface area contributed by atoms with Gasteiger partial charge in [0, 0.05) is 39.6 Å². The van der Waals surface area contributed by atoms with Gasteiger partial charge in [0.25, 0.3) is 0 Å². The molecule has 1 atom stereocenters. The van der Waals surface area contributed by atoms with Crippen LogP contribution in [0.3, 0.4) is 0 Å². The van der Waals surface area contributed by atoms with Crippen LogP contribution in [0.4, 0.5) is 11.4 Å². The summed E-state index contributed by atoms with van der Waals surface area (Å²) in [6.45, 7) is 0. The van der Waals surface area contributed by atoms with Gasteiger partial charge in [-0.15, -0.1) is 11.8 Å². The minimum atomic E-state index is -1.10. The Hall–Kier alpha value is -1.21. The van der Waals surface area contributed by atoms with Crippen molar-refractivity contribution < 1.29 is 16.6 Å². The molecule has 1 unspecified atom stereocenters. The summed E-state index contributed by atoms with van der Waals surface area (Å²) < 4.78 is 11.6. The van der Waals surface area contributed by atoms with E-state index >= 15 is 0 Å². The van der Waals surface area contributed by atoms with Gasteiger partial charge >= 0.3 is 0 Å². The Bertz CT molecular complexity index is 769. The number of rotatable bonds is 4. The highest BCUT2D eigenvalue weighted by atomic mass is 35.5. The van der Waals surface area contributed by atoms with E-state index in [1.807, 2.05) is 37.6 Å². The fraction of sp³-hybridized carbons (Fsp3) is 0.188. The van der Waals surface area contributed by atoms with Crippen LogP contribution in [0.2, 0.25) is 5.02 Å². The van der Waals surface area contributed by atoms with E-state index in [1.165, 1.54) is 0 Å². The second kappa shape index (κ2) is 9.32. The van der Waals surface area contributed by atoms with Crippen molar-refractivity contribution in [3.8, 4) is 0 Å². The summed E-state index contributed by atoms with van der Waals surface area (Å²) in [6.07, 6.45) is 3.63. The van der Waals surface area contributed by atoms with Gasteiger partial charge in [-0.2, -0.15) is 0 Å². The zero-order valence-corrected chi connectivity index (χ0v) is 16.6. The molecule has 2 N–H and O–H groups in total. The van der Waals surface area contributed by atoms with E-state index in [0.717, 1.165) is 10.6 Å². The predicted octanol–water partition coefficient (Wildman–Crippen LogP) is 0.886. The first-order valence-corrected chi connectivity index (χ1v) is 9.93. The van der Waals surface area contributed by atoms with Gasteiger partial charge in [-0.1, -0.05) is 17.7 Å². The summed E-state index contributed by atoms with van der Waals surface area (Å²) in [5, 5.41) is 0.466. The molecular formula is C16H18Cl2N3OS2-. The number of nitrogens with two attached hydrogens (primary N) is 1. The zero-order valence-electron chi connectivity index (χ0n) is 13.5. The topological polar surface area (TPSA) is 58.7 Å². The highest BCUT2D eigenvalue weighted by Gasteiger charge is 2.09. The summed E-state index contributed by atoms with van der Waals surface area (Å²) in [6, 6.07) is 13.1. The fourth-order valence-corrected chi connectivity index (χ4v) is 3.06. The number of halogens is 2. The molecule has 4 nitrogen and oxygen atoms in total. The molecule has 24 heavy (non-hydrogen) atoms. The zero-order chi connectivity index (χ0) is 17.0. The standard InChI is InChI=1S/C16H18ClN3OS2.ClH/c1-20(11-5-4-6-12(9-11)22-2)16(18)19-15-10-13(23(3)21)7-8-14(15)17;/h4-10H,1-3H3,(H2,18,19);1H/p-1. The molecule has 2 aromatic carbocycles. The number of hydrogen-bond donors (Lipinski definition) is 1. The third-order valence-corrected chi connectivity index (χ3v) is 5.23. The number of anilines is 1. The van der Waals surface area contributed by atoms with Crippen molar-refractivity contribution >= 4 is 51.5 Å². The van der Waals surface area contributed by atoms with E-state index < -0.39 is 10.8 Å². The van der Waals surface area contributed by atoms with Gasteiger partial charge in [-0.3, -0.25) is 4.21 Å². The molecule has 0 saturated heterocycles. The van der Waals surface area contributed by atoms with Gasteiger partial charge in [0.2, 0.25) is 5.96 Å². The smallest absolute Gasteiger partial charge is 0.200 e. The minimum absolute atomic E-state index is 0. The number of hydrogen-bond acceptors (Lipinski definition) is 3. The predicted molar refractivity (Wildman–Crippen MR) is 102 cm³/mol. The van der Waals surface area contributed by atoms with Crippen LogP contribution in [0, 0.1) is 0 Å². The van der Waals surface area contributed by atoms with Crippen LogP contribution < -0.4 is 23.0 Å². The van der Waals surface area contributed by atoms with Gasteiger partial charge in [0.1, 0.15) is 0 Å². The molecule has 0 aliphatic heterocycles. The van der Waals surface area contributed by atoms with Crippen LogP contribution in [0.5, 0.6) is 0 Å². The molecule has 2 aromatic rings. The molecule has 0 saturated carbocycles. The van der Waals surface area contributed by atoms with Crippen LogP contribution in [-0.2, 0) is 10.8 Å². The van der Waals surface area contributed by atoms with Crippen molar-refractivity contribution in [1.82, 2.24) is 0 Å². The number of benzene rings is 2. The Morgan fingerprint density at radius 2 is 2.00 bits per heavy atom. The molecule has 0 radical (unpaired) electrons. The summed E-state index contributed by atoms with van der Waals surface area (Å²) in [5.41, 5.74) is 7.54. The number of nitrogens with zero attached hydrogens (tertiary/aromatic N) is 2. The molecule has 0 bridgehead atoms. The molecule has 0 spiro atoms. The van der Waals surface area contributed by atoms with E-state index in [2.05, 4.69) is 4.99 Å². The third kappa shape index (κ3) is 5.14. The van der Waals surface area contributed by atoms with Crippen molar-refractivity contribution in [2.45, 2.75) is 9.79 Å². The third-order valence-electron chi connectivity index (χ3n) is 3.27. The lowest BCUT2D eigenvalue weighted by Crippen LogP contribution is -3.00. The first kappa shape index (κ1) is 20.8. The normalized spacial score (nSPS) is 12.4. The van der Waals surface area contributed by atoms with Crippen molar-refractivity contribution in [1.29, 1.82) is 0 Å². The van der Waals surface area contributed by atoms with E-state index in [0.29, 0.717) is 21.6 Å². The molecule has 0 fully saturated rings. The van der Waals surface area contributed by atoms with Crippen molar-refractivity contribution in [2.24, 2.45) is 10.7 Å². The number of aliphatic imine (C=N–C) groups is 1. The lowest BCUT2D eigenvalue weighted by Gasteiger charge is -2.19. The molecule has 0 aromatic heterocycles. The highest BCUT2D eigenvalue weighted by Crippen LogP contribution is 2.28.